The van der Waals surface area contributed by atoms with Crippen LogP contribution in [0.25, 0.3) is 0 Å². The topological polar surface area (TPSA) is 108 Å². The number of carbonyl (C=O) groups excluding carboxylic acids is 2. The lowest BCUT2D eigenvalue weighted by atomic mass is 10.0. The van der Waals surface area contributed by atoms with E-state index in [9.17, 15) is 19.5 Å². The van der Waals surface area contributed by atoms with E-state index in [1.807, 2.05) is 21.1 Å². The molecule has 0 saturated heterocycles. The second-order valence-electron chi connectivity index (χ2n) is 34.1. The van der Waals surface area contributed by atoms with E-state index in [4.69, 9.17) is 18.9 Å². The van der Waals surface area contributed by atoms with Crippen LogP contribution in [0.4, 0.5) is 0 Å². The molecule has 0 aliphatic carbocycles. The van der Waals surface area contributed by atoms with Gasteiger partial charge in [0.15, 0.2) is 6.10 Å². The molecule has 0 amide bonds. The minimum atomic E-state index is -1.51. The largest absolute Gasteiger partial charge is 0.477 e. The van der Waals surface area contributed by atoms with Crippen LogP contribution >= 0.6 is 0 Å². The second kappa shape index (κ2) is 85.9. The fourth-order valence-corrected chi connectivity index (χ4v) is 15.2. The molecule has 2 atom stereocenters. The predicted octanol–water partition coefficient (Wildman–Crippen LogP) is 30.8. The van der Waals surface area contributed by atoms with Gasteiger partial charge in [0.25, 0.3) is 6.29 Å². The number of carboxylic acid groups (broad SMARTS) is 1. The summed E-state index contributed by atoms with van der Waals surface area (Å²) in [4.78, 5) is 37.8. The molecule has 2 unspecified atom stereocenters. The molecule has 0 fully saturated rings. The van der Waals surface area contributed by atoms with Crippen molar-refractivity contribution in [2.45, 2.75) is 540 Å². The maximum Gasteiger partial charge on any atom is 0.361 e. The number of nitrogens with zero attached hydrogens (tertiary/aromatic N) is 1. The summed E-state index contributed by atoms with van der Waals surface area (Å²) in [6.07, 6.45) is 106. The molecule has 103 heavy (non-hydrogen) atoms. The van der Waals surface area contributed by atoms with Gasteiger partial charge in [0, 0.05) is 12.8 Å². The number of esters is 2. The zero-order valence-corrected chi connectivity index (χ0v) is 70.8. The molecule has 0 aliphatic rings. The third-order valence-corrected chi connectivity index (χ3v) is 22.4. The van der Waals surface area contributed by atoms with E-state index < -0.39 is 18.4 Å². The number of rotatable bonds is 91. The zero-order valence-electron chi connectivity index (χ0n) is 70.8. The monoisotopic (exact) mass is 1460 g/mol. The Morgan fingerprint density at radius 2 is 0.437 bits per heavy atom. The summed E-state index contributed by atoms with van der Waals surface area (Å²) in [5.74, 6) is -1.96. The van der Waals surface area contributed by atoms with Gasteiger partial charge in [-0.15, -0.1) is 0 Å². The predicted molar refractivity (Wildman–Crippen MR) is 448 cm³/mol. The van der Waals surface area contributed by atoms with Gasteiger partial charge in [-0.25, -0.2) is 4.79 Å². The lowest BCUT2D eigenvalue weighted by Crippen LogP contribution is -2.40. The second-order valence-corrected chi connectivity index (χ2v) is 34.1. The molecule has 9 heteroatoms. The highest BCUT2D eigenvalue weighted by molar-refractivity contribution is 5.71. The zero-order chi connectivity index (χ0) is 74.6. The van der Waals surface area contributed by atoms with Gasteiger partial charge in [0.2, 0.25) is 0 Å². The van der Waals surface area contributed by atoms with Gasteiger partial charge in [-0.2, -0.15) is 0 Å². The van der Waals surface area contributed by atoms with Crippen molar-refractivity contribution in [1.82, 2.24) is 0 Å². The molecule has 0 aromatic carbocycles. The fraction of sp³-hybridized carbons (Fsp3) is 0.968. The number of quaternary nitrogens is 1. The van der Waals surface area contributed by atoms with Gasteiger partial charge in [0.1, 0.15) is 13.2 Å². The molecule has 0 heterocycles. The molecule has 0 aromatic heterocycles. The first-order valence-corrected chi connectivity index (χ1v) is 47.2. The fourth-order valence-electron chi connectivity index (χ4n) is 15.2. The van der Waals surface area contributed by atoms with E-state index in [0.717, 1.165) is 38.5 Å². The Hall–Kier alpha value is -1.71. The maximum atomic E-state index is 13.0. The quantitative estimate of drug-likeness (QED) is 0.0278. The third-order valence-electron chi connectivity index (χ3n) is 22.4. The number of hydrogen-bond acceptors (Lipinski definition) is 7. The van der Waals surface area contributed by atoms with Crippen LogP contribution in [0.5, 0.6) is 0 Å². The van der Waals surface area contributed by atoms with Crippen LogP contribution in [0.3, 0.4) is 0 Å². The van der Waals surface area contributed by atoms with Crippen molar-refractivity contribution in [3.05, 3.63) is 0 Å². The minimum absolute atomic E-state index is 0.171. The highest BCUT2D eigenvalue weighted by Gasteiger charge is 2.25. The number of aliphatic carboxylic acids is 1. The van der Waals surface area contributed by atoms with Crippen molar-refractivity contribution in [3.8, 4) is 0 Å². The molecule has 0 saturated carbocycles. The molecular formula is C94H186NO8+. The molecule has 614 valence electrons. The van der Waals surface area contributed by atoms with Gasteiger partial charge in [-0.05, 0) is 12.8 Å². The summed E-state index contributed by atoms with van der Waals surface area (Å²) in [6, 6.07) is 0. The number of hydrogen-bond donors (Lipinski definition) is 1. The molecule has 0 aliphatic heterocycles. The lowest BCUT2D eigenvalue weighted by Gasteiger charge is -2.25. The molecule has 0 aromatic rings. The SMILES string of the molecule is CCCCCCCCCCCCCCCCCCCCCCCCCCCCCCCCCCCCCCCCCCC(=O)OC(COC(=O)CCCCCCCCCCCCCCCCCCCCCCCCCCCCCCCCCCCCCCCC)COC(OCC[N+](C)(C)C)C(=O)O. The molecule has 0 bridgehead atoms. The van der Waals surface area contributed by atoms with E-state index >= 15 is 0 Å². The Bertz CT molecular complexity index is 1650. The van der Waals surface area contributed by atoms with Crippen molar-refractivity contribution in [2.75, 3.05) is 47.5 Å². The van der Waals surface area contributed by atoms with Gasteiger partial charge < -0.3 is 28.5 Å². The molecule has 9 nitrogen and oxygen atoms in total. The van der Waals surface area contributed by atoms with Crippen LogP contribution in [-0.2, 0) is 33.3 Å². The van der Waals surface area contributed by atoms with Crippen LogP contribution in [0, 0.1) is 0 Å². The van der Waals surface area contributed by atoms with Gasteiger partial charge in [-0.1, -0.05) is 502 Å². The minimum Gasteiger partial charge on any atom is -0.477 e. The number of unbranched alkanes of at least 4 members (excludes halogenated alkanes) is 76. The Morgan fingerprint density at radius 3 is 0.621 bits per heavy atom. The van der Waals surface area contributed by atoms with E-state index in [0.29, 0.717) is 17.4 Å². The first-order chi connectivity index (χ1) is 50.6. The van der Waals surface area contributed by atoms with Crippen LogP contribution in [0.2, 0.25) is 0 Å². The summed E-state index contributed by atoms with van der Waals surface area (Å²) in [5, 5.41) is 9.80. The van der Waals surface area contributed by atoms with Crippen molar-refractivity contribution in [3.63, 3.8) is 0 Å². The Kier molecular flexibility index (Phi) is 84.5. The Morgan fingerprint density at radius 1 is 0.252 bits per heavy atom. The van der Waals surface area contributed by atoms with Crippen molar-refractivity contribution < 1.29 is 42.9 Å². The van der Waals surface area contributed by atoms with Crippen LogP contribution < -0.4 is 0 Å². The standard InChI is InChI=1S/C94H185NO8/c1-6-8-10-12-14-16-18-20-22-24-26-28-30-32-34-36-38-40-42-44-46-47-49-51-53-55-57-59-61-63-65-67-69-71-73-75-77-79-81-83-85-92(97)103-90(89-102-94(93(98)99)100-87-86-95(3,4)5)88-101-91(96)84-82-80-78-76-74-72-70-68-66-64-62-60-58-56-54-52-50-48-45-43-41-39-37-35-33-31-29-27-25-23-21-19-17-15-13-11-9-7-2/h90,94H,6-89H2,1-5H3/p+1. The average molecular weight is 1460 g/mol. The lowest BCUT2D eigenvalue weighted by molar-refractivity contribution is -0.870. The summed E-state index contributed by atoms with van der Waals surface area (Å²) in [6.45, 7) is 5.00. The van der Waals surface area contributed by atoms with Crippen LogP contribution in [-0.4, -0.2) is 87.4 Å². The number of carbonyl (C=O) groups is 3. The number of ether oxygens (including phenoxy) is 4. The third kappa shape index (κ3) is 87.4. The average Bonchev–Trinajstić information content (AvgIpc) is 0.988. The molecule has 0 spiro atoms. The first-order valence-electron chi connectivity index (χ1n) is 47.2. The van der Waals surface area contributed by atoms with Crippen LogP contribution in [0.15, 0.2) is 0 Å². The highest BCUT2D eigenvalue weighted by Crippen LogP contribution is 2.22. The normalized spacial score (nSPS) is 12.4. The van der Waals surface area contributed by atoms with Crippen molar-refractivity contribution in [2.24, 2.45) is 0 Å². The van der Waals surface area contributed by atoms with E-state index in [-0.39, 0.29) is 38.2 Å². The van der Waals surface area contributed by atoms with Gasteiger partial charge >= 0.3 is 17.9 Å². The smallest absolute Gasteiger partial charge is 0.361 e. The van der Waals surface area contributed by atoms with Crippen molar-refractivity contribution >= 4 is 17.9 Å². The molecule has 0 radical (unpaired) electrons. The van der Waals surface area contributed by atoms with E-state index in [2.05, 4.69) is 13.8 Å². The van der Waals surface area contributed by atoms with Crippen molar-refractivity contribution in [1.29, 1.82) is 0 Å². The summed E-state index contributed by atoms with van der Waals surface area (Å²) < 4.78 is 23.1. The summed E-state index contributed by atoms with van der Waals surface area (Å²) in [7, 11) is 6.01. The summed E-state index contributed by atoms with van der Waals surface area (Å²) in [5.41, 5.74) is 0. The maximum absolute atomic E-state index is 13.0. The van der Waals surface area contributed by atoms with E-state index in [1.54, 1.807) is 0 Å². The number of carboxylic acids is 1. The highest BCUT2D eigenvalue weighted by atomic mass is 16.7. The molecule has 1 N–H and O–H groups in total. The Labute approximate surface area is 644 Å². The first kappa shape index (κ1) is 101. The van der Waals surface area contributed by atoms with Gasteiger partial charge in [0.05, 0.1) is 34.4 Å². The number of likely N-dealkylation sites (N-methyl/N-ethyl adjacent to an activating group) is 1. The summed E-state index contributed by atoms with van der Waals surface area (Å²) >= 11 is 0. The van der Waals surface area contributed by atoms with Gasteiger partial charge in [-0.3, -0.25) is 9.59 Å². The van der Waals surface area contributed by atoms with E-state index in [1.165, 1.54) is 462 Å². The Balaban J connectivity index is 3.84. The molecule has 0 rings (SSSR count). The molecular weight excluding hydrogens is 1270 g/mol. The van der Waals surface area contributed by atoms with Crippen LogP contribution in [0.1, 0.15) is 528 Å².